The van der Waals surface area contributed by atoms with E-state index in [-0.39, 0.29) is 35.3 Å². The Morgan fingerprint density at radius 1 is 0.786 bits per heavy atom. The highest BCUT2D eigenvalue weighted by Gasteiger charge is 2.18. The molecule has 0 N–H and O–H groups in total. The summed E-state index contributed by atoms with van der Waals surface area (Å²) in [6, 6.07) is 4.96. The van der Waals surface area contributed by atoms with Crippen molar-refractivity contribution in [1.82, 2.24) is 0 Å². The molecule has 5 heteroatoms. The molecule has 28 heavy (non-hydrogen) atoms. The van der Waals surface area contributed by atoms with Gasteiger partial charge in [-0.15, -0.1) is 0 Å². The quantitative estimate of drug-likeness (QED) is 0.236. The molecule has 0 aromatic heterocycles. The standard InChI is InChI=1S/C23H36O5/c1-6-7-8-9-10-11-12-15-26-19-13-14-20(27-22(24)17(2)3)21(16-19)28-23(25)18(4)5/h13-14,16-18H,6-12,15H2,1-5H3. The van der Waals surface area contributed by atoms with E-state index in [0.717, 1.165) is 12.8 Å². The van der Waals surface area contributed by atoms with Crippen molar-refractivity contribution in [3.8, 4) is 17.2 Å². The van der Waals surface area contributed by atoms with Gasteiger partial charge in [0.25, 0.3) is 0 Å². The molecule has 0 saturated carbocycles. The van der Waals surface area contributed by atoms with E-state index >= 15 is 0 Å². The van der Waals surface area contributed by atoms with Crippen LogP contribution in [0.25, 0.3) is 0 Å². The Morgan fingerprint density at radius 2 is 1.32 bits per heavy atom. The van der Waals surface area contributed by atoms with Crippen LogP contribution < -0.4 is 14.2 Å². The molecule has 0 amide bonds. The number of unbranched alkanes of at least 4 members (excludes halogenated alkanes) is 6. The summed E-state index contributed by atoms with van der Waals surface area (Å²) < 4.78 is 16.6. The van der Waals surface area contributed by atoms with Gasteiger partial charge in [0.1, 0.15) is 5.75 Å². The Hall–Kier alpha value is -2.04. The van der Waals surface area contributed by atoms with Crippen LogP contribution in [0, 0.1) is 11.8 Å². The van der Waals surface area contributed by atoms with Crippen LogP contribution in [0.2, 0.25) is 0 Å². The zero-order valence-electron chi connectivity index (χ0n) is 18.1. The zero-order valence-corrected chi connectivity index (χ0v) is 18.1. The third-order valence-electron chi connectivity index (χ3n) is 4.30. The van der Waals surface area contributed by atoms with Gasteiger partial charge in [0, 0.05) is 6.07 Å². The lowest BCUT2D eigenvalue weighted by Crippen LogP contribution is -2.18. The molecule has 0 radical (unpaired) electrons. The van der Waals surface area contributed by atoms with Gasteiger partial charge in [-0.05, 0) is 18.6 Å². The number of hydrogen-bond acceptors (Lipinski definition) is 5. The first kappa shape index (κ1) is 24.0. The maximum Gasteiger partial charge on any atom is 0.313 e. The lowest BCUT2D eigenvalue weighted by atomic mass is 10.1. The normalized spacial score (nSPS) is 11.0. The van der Waals surface area contributed by atoms with Gasteiger partial charge in [0.05, 0.1) is 18.4 Å². The van der Waals surface area contributed by atoms with Crippen molar-refractivity contribution >= 4 is 11.9 Å². The minimum atomic E-state index is -0.383. The van der Waals surface area contributed by atoms with Crippen LogP contribution in [-0.4, -0.2) is 18.5 Å². The largest absolute Gasteiger partial charge is 0.493 e. The summed E-state index contributed by atoms with van der Waals surface area (Å²) in [5.41, 5.74) is 0. The molecular formula is C23H36O5. The third-order valence-corrected chi connectivity index (χ3v) is 4.30. The number of benzene rings is 1. The van der Waals surface area contributed by atoms with E-state index in [4.69, 9.17) is 14.2 Å². The molecule has 0 aliphatic heterocycles. The molecule has 0 fully saturated rings. The molecule has 0 spiro atoms. The number of ether oxygens (including phenoxy) is 3. The maximum absolute atomic E-state index is 12.0. The molecule has 0 aliphatic rings. The fourth-order valence-corrected chi connectivity index (χ4v) is 2.44. The van der Waals surface area contributed by atoms with E-state index in [0.29, 0.717) is 12.4 Å². The van der Waals surface area contributed by atoms with Gasteiger partial charge in [-0.3, -0.25) is 9.59 Å². The van der Waals surface area contributed by atoms with Gasteiger partial charge < -0.3 is 14.2 Å². The first-order chi connectivity index (χ1) is 13.3. The van der Waals surface area contributed by atoms with Crippen LogP contribution in [0.1, 0.15) is 79.6 Å². The van der Waals surface area contributed by atoms with E-state index in [1.165, 1.54) is 32.1 Å². The average Bonchev–Trinajstić information content (AvgIpc) is 2.65. The van der Waals surface area contributed by atoms with Crippen LogP contribution in [0.4, 0.5) is 0 Å². The van der Waals surface area contributed by atoms with Crippen molar-refractivity contribution in [3.63, 3.8) is 0 Å². The van der Waals surface area contributed by atoms with Crippen molar-refractivity contribution in [2.75, 3.05) is 6.61 Å². The fourth-order valence-electron chi connectivity index (χ4n) is 2.44. The molecule has 1 aromatic carbocycles. The molecule has 0 saturated heterocycles. The van der Waals surface area contributed by atoms with Crippen molar-refractivity contribution in [2.45, 2.75) is 79.6 Å². The maximum atomic E-state index is 12.0. The van der Waals surface area contributed by atoms with E-state index in [1.54, 1.807) is 45.9 Å². The number of carbonyl (C=O) groups excluding carboxylic acids is 2. The summed E-state index contributed by atoms with van der Waals surface area (Å²) in [5.74, 6) is -0.278. The Bertz CT molecular complexity index is 607. The van der Waals surface area contributed by atoms with Crippen LogP contribution >= 0.6 is 0 Å². The minimum absolute atomic E-state index is 0.213. The SMILES string of the molecule is CCCCCCCCCOc1ccc(OC(=O)C(C)C)c(OC(=O)C(C)C)c1. The van der Waals surface area contributed by atoms with Gasteiger partial charge in [-0.25, -0.2) is 0 Å². The number of hydrogen-bond donors (Lipinski definition) is 0. The highest BCUT2D eigenvalue weighted by molar-refractivity contribution is 5.78. The lowest BCUT2D eigenvalue weighted by molar-refractivity contribution is -0.140. The van der Waals surface area contributed by atoms with E-state index in [9.17, 15) is 9.59 Å². The minimum Gasteiger partial charge on any atom is -0.493 e. The van der Waals surface area contributed by atoms with Crippen LogP contribution in [-0.2, 0) is 9.59 Å². The summed E-state index contributed by atoms with van der Waals surface area (Å²) in [7, 11) is 0. The number of esters is 2. The summed E-state index contributed by atoms with van der Waals surface area (Å²) >= 11 is 0. The van der Waals surface area contributed by atoms with E-state index < -0.39 is 0 Å². The third kappa shape index (κ3) is 9.25. The number of rotatable bonds is 13. The highest BCUT2D eigenvalue weighted by Crippen LogP contribution is 2.33. The second kappa shape index (κ2) is 13.2. The molecule has 0 heterocycles. The molecule has 0 bridgehead atoms. The van der Waals surface area contributed by atoms with Gasteiger partial charge in [-0.2, -0.15) is 0 Å². The van der Waals surface area contributed by atoms with Crippen LogP contribution in [0.5, 0.6) is 17.2 Å². The van der Waals surface area contributed by atoms with Crippen LogP contribution in [0.15, 0.2) is 18.2 Å². The second-order valence-electron chi connectivity index (χ2n) is 7.73. The second-order valence-corrected chi connectivity index (χ2v) is 7.73. The molecule has 0 unspecified atom stereocenters. The van der Waals surface area contributed by atoms with Crippen molar-refractivity contribution in [2.24, 2.45) is 11.8 Å². The van der Waals surface area contributed by atoms with Crippen molar-refractivity contribution in [1.29, 1.82) is 0 Å². The monoisotopic (exact) mass is 392 g/mol. The summed E-state index contributed by atoms with van der Waals surface area (Å²) in [5, 5.41) is 0. The van der Waals surface area contributed by atoms with Gasteiger partial charge in [-0.1, -0.05) is 73.1 Å². The molecule has 0 aliphatic carbocycles. The van der Waals surface area contributed by atoms with Gasteiger partial charge >= 0.3 is 11.9 Å². The average molecular weight is 393 g/mol. The topological polar surface area (TPSA) is 61.8 Å². The zero-order chi connectivity index (χ0) is 20.9. The van der Waals surface area contributed by atoms with E-state index in [1.807, 2.05) is 0 Å². The highest BCUT2D eigenvalue weighted by atomic mass is 16.6. The Labute approximate surface area is 169 Å². The fraction of sp³-hybridized carbons (Fsp3) is 0.652. The molecule has 5 nitrogen and oxygen atoms in total. The predicted octanol–water partition coefficient (Wildman–Crippen LogP) is 5.94. The molecule has 0 atom stereocenters. The Balaban J connectivity index is 2.64. The number of carbonyl (C=O) groups is 2. The smallest absolute Gasteiger partial charge is 0.313 e. The lowest BCUT2D eigenvalue weighted by Gasteiger charge is -2.14. The summed E-state index contributed by atoms with van der Waals surface area (Å²) in [6.45, 7) is 9.84. The molecular weight excluding hydrogens is 356 g/mol. The van der Waals surface area contributed by atoms with E-state index in [2.05, 4.69) is 6.92 Å². The van der Waals surface area contributed by atoms with Gasteiger partial charge in [0.2, 0.25) is 0 Å². The summed E-state index contributed by atoms with van der Waals surface area (Å²) in [6.07, 6.45) is 8.50. The predicted molar refractivity (Wildman–Crippen MR) is 111 cm³/mol. The van der Waals surface area contributed by atoms with Crippen molar-refractivity contribution in [3.05, 3.63) is 18.2 Å². The van der Waals surface area contributed by atoms with Crippen LogP contribution in [0.3, 0.4) is 0 Å². The Kier molecular flexibility index (Phi) is 11.3. The first-order valence-corrected chi connectivity index (χ1v) is 10.5. The molecule has 1 aromatic rings. The first-order valence-electron chi connectivity index (χ1n) is 10.5. The summed E-state index contributed by atoms with van der Waals surface area (Å²) in [4.78, 5) is 23.9. The molecule has 158 valence electrons. The Morgan fingerprint density at radius 3 is 1.89 bits per heavy atom. The van der Waals surface area contributed by atoms with Crippen molar-refractivity contribution < 1.29 is 23.8 Å². The molecule has 1 rings (SSSR count). The van der Waals surface area contributed by atoms with Gasteiger partial charge in [0.15, 0.2) is 11.5 Å².